The van der Waals surface area contributed by atoms with Crippen molar-refractivity contribution in [2.75, 3.05) is 32.7 Å². The highest BCUT2D eigenvalue weighted by atomic mass is 16.5. The van der Waals surface area contributed by atoms with Gasteiger partial charge in [0.05, 0.1) is 18.6 Å². The van der Waals surface area contributed by atoms with Gasteiger partial charge in [-0.3, -0.25) is 14.5 Å². The number of esters is 1. The van der Waals surface area contributed by atoms with E-state index in [9.17, 15) is 14.7 Å². The monoisotopic (exact) mass is 362 g/mol. The second kappa shape index (κ2) is 9.69. The average Bonchev–Trinajstić information content (AvgIpc) is 2.86. The van der Waals surface area contributed by atoms with Crippen LogP contribution in [-0.2, 0) is 20.9 Å². The van der Waals surface area contributed by atoms with Crippen molar-refractivity contribution in [2.24, 2.45) is 0 Å². The van der Waals surface area contributed by atoms with Crippen LogP contribution in [0.2, 0.25) is 0 Å². The molecule has 0 radical (unpaired) electrons. The second-order valence-corrected chi connectivity index (χ2v) is 7.18. The molecule has 1 aromatic carbocycles. The molecular weight excluding hydrogens is 332 g/mol. The molecule has 0 bridgehead atoms. The van der Waals surface area contributed by atoms with Gasteiger partial charge in [-0.25, -0.2) is 0 Å². The van der Waals surface area contributed by atoms with E-state index in [-0.39, 0.29) is 31.4 Å². The van der Waals surface area contributed by atoms with E-state index >= 15 is 0 Å². The molecule has 1 fully saturated rings. The van der Waals surface area contributed by atoms with Crippen LogP contribution < -0.4 is 0 Å². The fraction of sp³-hybridized carbons (Fsp3) is 0.600. The van der Waals surface area contributed by atoms with Crippen LogP contribution in [0.4, 0.5) is 0 Å². The van der Waals surface area contributed by atoms with E-state index in [0.29, 0.717) is 26.1 Å². The van der Waals surface area contributed by atoms with Gasteiger partial charge in [-0.15, -0.1) is 0 Å². The Hall–Kier alpha value is -1.92. The number of ether oxygens (including phenoxy) is 1. The molecule has 1 N–H and O–H groups in total. The third-order valence-corrected chi connectivity index (χ3v) is 4.83. The van der Waals surface area contributed by atoms with E-state index in [1.165, 1.54) is 0 Å². The normalized spacial score (nSPS) is 18.0. The lowest BCUT2D eigenvalue weighted by Gasteiger charge is -2.26. The number of nitrogens with zero attached hydrogens (tertiary/aromatic N) is 2. The molecule has 1 unspecified atom stereocenters. The van der Waals surface area contributed by atoms with Gasteiger partial charge in [0.2, 0.25) is 5.91 Å². The van der Waals surface area contributed by atoms with Gasteiger partial charge in [0.1, 0.15) is 6.61 Å². The Balaban J connectivity index is 1.75. The molecule has 1 atom stereocenters. The molecule has 1 amide bonds. The Bertz CT molecular complexity index is 589. The first kappa shape index (κ1) is 20.4. The molecule has 0 saturated carbocycles. The number of rotatable bonds is 7. The SMILES string of the molecule is CCC(C)(O)CC(=O)N1CCCN(CC(=O)OCc2ccccc2)CC1. The van der Waals surface area contributed by atoms with Crippen LogP contribution in [0, 0.1) is 0 Å². The van der Waals surface area contributed by atoms with Crippen molar-refractivity contribution < 1.29 is 19.4 Å². The molecule has 1 saturated heterocycles. The summed E-state index contributed by atoms with van der Waals surface area (Å²) in [6.45, 7) is 6.72. The Kier molecular flexibility index (Phi) is 7.60. The molecule has 6 heteroatoms. The minimum absolute atomic E-state index is 0.0228. The Morgan fingerprint density at radius 3 is 2.58 bits per heavy atom. The Labute approximate surface area is 155 Å². The van der Waals surface area contributed by atoms with Gasteiger partial charge in [-0.2, -0.15) is 0 Å². The van der Waals surface area contributed by atoms with Crippen molar-refractivity contribution in [1.82, 2.24) is 9.80 Å². The summed E-state index contributed by atoms with van der Waals surface area (Å²) in [6.07, 6.45) is 1.50. The molecule has 2 rings (SSSR count). The number of carbonyl (C=O) groups excluding carboxylic acids is 2. The first-order valence-corrected chi connectivity index (χ1v) is 9.31. The lowest BCUT2D eigenvalue weighted by molar-refractivity contribution is -0.146. The highest BCUT2D eigenvalue weighted by Crippen LogP contribution is 2.16. The minimum atomic E-state index is -0.954. The van der Waals surface area contributed by atoms with Gasteiger partial charge in [-0.05, 0) is 25.3 Å². The van der Waals surface area contributed by atoms with E-state index in [1.807, 2.05) is 42.2 Å². The summed E-state index contributed by atoms with van der Waals surface area (Å²) >= 11 is 0. The predicted octanol–water partition coefficient (Wildman–Crippen LogP) is 1.82. The molecule has 1 aromatic rings. The van der Waals surface area contributed by atoms with Crippen LogP contribution in [-0.4, -0.2) is 65.1 Å². The molecule has 1 heterocycles. The lowest BCUT2D eigenvalue weighted by atomic mass is 9.98. The van der Waals surface area contributed by atoms with Crippen LogP contribution in [0.5, 0.6) is 0 Å². The van der Waals surface area contributed by atoms with E-state index in [2.05, 4.69) is 0 Å². The second-order valence-electron chi connectivity index (χ2n) is 7.18. The van der Waals surface area contributed by atoms with Crippen molar-refractivity contribution in [2.45, 2.75) is 45.3 Å². The third kappa shape index (κ3) is 6.77. The molecule has 1 aliphatic rings. The number of aliphatic hydroxyl groups is 1. The topological polar surface area (TPSA) is 70.1 Å². The molecule has 26 heavy (non-hydrogen) atoms. The van der Waals surface area contributed by atoms with Crippen molar-refractivity contribution >= 4 is 11.9 Å². The maximum atomic E-state index is 12.4. The number of amides is 1. The summed E-state index contributed by atoms with van der Waals surface area (Å²) < 4.78 is 5.33. The fourth-order valence-electron chi connectivity index (χ4n) is 2.91. The fourth-order valence-corrected chi connectivity index (χ4v) is 2.91. The minimum Gasteiger partial charge on any atom is -0.460 e. The molecular formula is C20H30N2O4. The quantitative estimate of drug-likeness (QED) is 0.749. The number of carbonyl (C=O) groups is 2. The summed E-state index contributed by atoms with van der Waals surface area (Å²) in [7, 11) is 0. The third-order valence-electron chi connectivity index (χ3n) is 4.83. The molecule has 0 aliphatic carbocycles. The van der Waals surface area contributed by atoms with Gasteiger partial charge in [-0.1, -0.05) is 37.3 Å². The largest absolute Gasteiger partial charge is 0.460 e. The van der Waals surface area contributed by atoms with Crippen molar-refractivity contribution in [1.29, 1.82) is 0 Å². The van der Waals surface area contributed by atoms with E-state index in [0.717, 1.165) is 18.5 Å². The molecule has 144 valence electrons. The number of benzene rings is 1. The maximum Gasteiger partial charge on any atom is 0.320 e. The van der Waals surface area contributed by atoms with Gasteiger partial charge in [0.25, 0.3) is 0 Å². The van der Waals surface area contributed by atoms with Crippen LogP contribution in [0.3, 0.4) is 0 Å². The molecule has 0 spiro atoms. The van der Waals surface area contributed by atoms with Gasteiger partial charge >= 0.3 is 5.97 Å². The van der Waals surface area contributed by atoms with Gasteiger partial charge in [0, 0.05) is 26.2 Å². The molecule has 0 aromatic heterocycles. The zero-order chi connectivity index (χ0) is 19.0. The summed E-state index contributed by atoms with van der Waals surface area (Å²) in [5, 5.41) is 10.1. The average molecular weight is 362 g/mol. The Morgan fingerprint density at radius 2 is 1.88 bits per heavy atom. The van der Waals surface area contributed by atoms with Crippen LogP contribution in [0.1, 0.15) is 38.7 Å². The Morgan fingerprint density at radius 1 is 1.15 bits per heavy atom. The van der Waals surface area contributed by atoms with Crippen LogP contribution in [0.15, 0.2) is 30.3 Å². The number of hydrogen-bond donors (Lipinski definition) is 1. The molecule has 1 aliphatic heterocycles. The first-order chi connectivity index (χ1) is 12.4. The van der Waals surface area contributed by atoms with Crippen molar-refractivity contribution in [3.63, 3.8) is 0 Å². The summed E-state index contributed by atoms with van der Waals surface area (Å²) in [6, 6.07) is 9.61. The summed E-state index contributed by atoms with van der Waals surface area (Å²) in [4.78, 5) is 28.2. The smallest absolute Gasteiger partial charge is 0.320 e. The first-order valence-electron chi connectivity index (χ1n) is 9.31. The van der Waals surface area contributed by atoms with Gasteiger partial charge in [0.15, 0.2) is 0 Å². The van der Waals surface area contributed by atoms with E-state index in [1.54, 1.807) is 11.8 Å². The summed E-state index contributed by atoms with van der Waals surface area (Å²) in [5.74, 6) is -0.270. The van der Waals surface area contributed by atoms with Crippen LogP contribution in [0.25, 0.3) is 0 Å². The highest BCUT2D eigenvalue weighted by Gasteiger charge is 2.27. The van der Waals surface area contributed by atoms with Gasteiger partial charge < -0.3 is 14.7 Å². The standard InChI is InChI=1S/C20H30N2O4/c1-3-20(2,25)14-18(23)22-11-7-10-21(12-13-22)15-19(24)26-16-17-8-5-4-6-9-17/h4-6,8-9,25H,3,7,10-16H2,1-2H3. The zero-order valence-corrected chi connectivity index (χ0v) is 15.8. The highest BCUT2D eigenvalue weighted by molar-refractivity contribution is 5.77. The predicted molar refractivity (Wildman–Crippen MR) is 99.4 cm³/mol. The van der Waals surface area contributed by atoms with Crippen molar-refractivity contribution in [3.05, 3.63) is 35.9 Å². The van der Waals surface area contributed by atoms with Crippen LogP contribution >= 0.6 is 0 Å². The van der Waals surface area contributed by atoms with E-state index < -0.39 is 5.60 Å². The lowest BCUT2D eigenvalue weighted by Crippen LogP contribution is -2.40. The van der Waals surface area contributed by atoms with E-state index in [4.69, 9.17) is 4.74 Å². The number of hydrogen-bond acceptors (Lipinski definition) is 5. The summed E-state index contributed by atoms with van der Waals surface area (Å²) in [5.41, 5.74) is 0.0149. The molecule has 6 nitrogen and oxygen atoms in total. The maximum absolute atomic E-state index is 12.4. The van der Waals surface area contributed by atoms with Crippen molar-refractivity contribution in [3.8, 4) is 0 Å². The zero-order valence-electron chi connectivity index (χ0n) is 15.8.